The quantitative estimate of drug-likeness (QED) is 0.721. The molecule has 0 unspecified atom stereocenters. The van der Waals surface area contributed by atoms with Gasteiger partial charge in [-0.05, 0) is 42.3 Å². The van der Waals surface area contributed by atoms with Crippen LogP contribution in [0.3, 0.4) is 0 Å². The number of benzene rings is 2. The lowest BCUT2D eigenvalue weighted by atomic mass is 10.0. The molecule has 1 aliphatic rings. The van der Waals surface area contributed by atoms with Gasteiger partial charge in [-0.25, -0.2) is 4.79 Å². The highest BCUT2D eigenvalue weighted by molar-refractivity contribution is 6.30. The van der Waals surface area contributed by atoms with Crippen LogP contribution in [0.5, 0.6) is 0 Å². The lowest BCUT2D eigenvalue weighted by Crippen LogP contribution is -2.27. The summed E-state index contributed by atoms with van der Waals surface area (Å²) in [5.74, 6) is -1.33. The predicted molar refractivity (Wildman–Crippen MR) is 100 cm³/mol. The summed E-state index contributed by atoms with van der Waals surface area (Å²) in [7, 11) is 0. The van der Waals surface area contributed by atoms with E-state index < -0.39 is 5.97 Å². The predicted octanol–water partition coefficient (Wildman–Crippen LogP) is 3.95. The molecule has 2 aromatic carbocycles. The molecule has 1 aromatic heterocycles. The Morgan fingerprint density at radius 1 is 1.08 bits per heavy atom. The molecule has 0 fully saturated rings. The zero-order chi connectivity index (χ0) is 18.3. The smallest absolute Gasteiger partial charge is 0.339 e. The molecule has 0 radical (unpaired) electrons. The molecule has 2 heterocycles. The molecule has 0 saturated carbocycles. The molecular weight excluding hydrogens is 352 g/mol. The van der Waals surface area contributed by atoms with Gasteiger partial charge in [-0.2, -0.15) is 0 Å². The Hall–Kier alpha value is -3.05. The van der Waals surface area contributed by atoms with E-state index in [4.69, 9.17) is 11.6 Å². The number of carboxylic acids is 1. The third kappa shape index (κ3) is 2.76. The number of amides is 1. The number of hydrogen-bond acceptors (Lipinski definition) is 2. The van der Waals surface area contributed by atoms with Crippen molar-refractivity contribution >= 4 is 40.0 Å². The number of para-hydroxylation sites is 1. The summed E-state index contributed by atoms with van der Waals surface area (Å²) in [5.41, 5.74) is 2.91. The van der Waals surface area contributed by atoms with Crippen LogP contribution in [-0.4, -0.2) is 33.4 Å². The van der Waals surface area contributed by atoms with E-state index in [1.54, 1.807) is 24.3 Å². The van der Waals surface area contributed by atoms with Crippen LogP contribution in [0, 0.1) is 0 Å². The molecule has 0 bridgehead atoms. The summed E-state index contributed by atoms with van der Waals surface area (Å²) in [4.78, 5) is 29.3. The van der Waals surface area contributed by atoms with Gasteiger partial charge in [0.05, 0.1) is 11.3 Å². The van der Waals surface area contributed by atoms with Gasteiger partial charge in [0.25, 0.3) is 5.91 Å². The van der Waals surface area contributed by atoms with Gasteiger partial charge >= 0.3 is 5.97 Å². The van der Waals surface area contributed by atoms with E-state index in [1.807, 2.05) is 24.3 Å². The molecule has 1 amide bonds. The van der Waals surface area contributed by atoms with E-state index in [0.717, 1.165) is 16.5 Å². The van der Waals surface area contributed by atoms with Crippen molar-refractivity contribution in [2.45, 2.75) is 6.42 Å². The SMILES string of the molecule is O=C(O)C1=CN(C(=O)c2ccc(Cl)cc2)CCc2c1[nH]c1ccccc21. The maximum atomic E-state index is 12.8. The fourth-order valence-electron chi connectivity index (χ4n) is 3.29. The molecular formula is C20H15ClN2O3. The van der Waals surface area contributed by atoms with Gasteiger partial charge in [0, 0.05) is 34.2 Å². The number of carbonyl (C=O) groups excluding carboxylic acids is 1. The standard InChI is InChI=1S/C20H15ClN2O3/c21-13-7-5-12(6-8-13)19(24)23-10-9-15-14-3-1-2-4-17(14)22-18(15)16(11-23)20(25)26/h1-8,11,22H,9-10H2,(H,25,26). The minimum absolute atomic E-state index is 0.0796. The highest BCUT2D eigenvalue weighted by Gasteiger charge is 2.26. The molecule has 26 heavy (non-hydrogen) atoms. The summed E-state index contributed by atoms with van der Waals surface area (Å²) in [6.45, 7) is 0.396. The minimum atomic E-state index is -1.08. The molecule has 4 rings (SSSR count). The fraction of sp³-hybridized carbons (Fsp3) is 0.100. The molecule has 3 aromatic rings. The van der Waals surface area contributed by atoms with Crippen molar-refractivity contribution in [1.29, 1.82) is 0 Å². The minimum Gasteiger partial charge on any atom is -0.478 e. The zero-order valence-corrected chi connectivity index (χ0v) is 14.5. The number of aliphatic carboxylic acids is 1. The molecule has 0 spiro atoms. The molecule has 130 valence electrons. The number of nitrogens with zero attached hydrogens (tertiary/aromatic N) is 1. The number of H-pyrrole nitrogens is 1. The number of fused-ring (bicyclic) bond motifs is 3. The van der Waals surface area contributed by atoms with Crippen molar-refractivity contribution < 1.29 is 14.7 Å². The first kappa shape index (κ1) is 16.4. The molecule has 1 aliphatic heterocycles. The molecule has 6 heteroatoms. The second-order valence-electron chi connectivity index (χ2n) is 6.13. The number of carboxylic acid groups (broad SMARTS) is 1. The van der Waals surface area contributed by atoms with Gasteiger partial charge in [-0.15, -0.1) is 0 Å². The number of hydrogen-bond donors (Lipinski definition) is 2. The molecule has 2 N–H and O–H groups in total. The van der Waals surface area contributed by atoms with Crippen molar-refractivity contribution in [3.05, 3.63) is 76.6 Å². The number of aromatic amines is 1. The molecule has 0 aliphatic carbocycles. The third-order valence-corrected chi connectivity index (χ3v) is 4.81. The van der Waals surface area contributed by atoms with Gasteiger partial charge in [0.1, 0.15) is 0 Å². The lowest BCUT2D eigenvalue weighted by molar-refractivity contribution is -0.130. The summed E-state index contributed by atoms with van der Waals surface area (Å²) in [6, 6.07) is 14.3. The maximum Gasteiger partial charge on any atom is 0.339 e. The summed E-state index contributed by atoms with van der Waals surface area (Å²) >= 11 is 5.88. The first-order valence-electron chi connectivity index (χ1n) is 8.16. The van der Waals surface area contributed by atoms with Gasteiger partial charge in [0.15, 0.2) is 0 Å². The topological polar surface area (TPSA) is 73.4 Å². The van der Waals surface area contributed by atoms with Crippen molar-refractivity contribution in [3.63, 3.8) is 0 Å². The van der Waals surface area contributed by atoms with Crippen LogP contribution in [0.4, 0.5) is 0 Å². The summed E-state index contributed by atoms with van der Waals surface area (Å²) in [6.07, 6.45) is 1.98. The van der Waals surface area contributed by atoms with Crippen molar-refractivity contribution in [2.24, 2.45) is 0 Å². The van der Waals surface area contributed by atoms with Gasteiger partial charge in [-0.3, -0.25) is 4.79 Å². The fourth-order valence-corrected chi connectivity index (χ4v) is 3.41. The lowest BCUT2D eigenvalue weighted by Gasteiger charge is -2.17. The van der Waals surface area contributed by atoms with Gasteiger partial charge in [-0.1, -0.05) is 29.8 Å². The van der Waals surface area contributed by atoms with Gasteiger partial charge < -0.3 is 15.0 Å². The van der Waals surface area contributed by atoms with Crippen LogP contribution in [0.25, 0.3) is 16.5 Å². The maximum absolute atomic E-state index is 12.8. The van der Waals surface area contributed by atoms with E-state index in [2.05, 4.69) is 4.98 Å². The Morgan fingerprint density at radius 3 is 2.54 bits per heavy atom. The number of carbonyl (C=O) groups is 2. The second kappa shape index (κ2) is 6.35. The normalized spacial score (nSPS) is 13.9. The Kier molecular flexibility index (Phi) is 4.01. The molecule has 5 nitrogen and oxygen atoms in total. The number of aromatic nitrogens is 1. The third-order valence-electron chi connectivity index (χ3n) is 4.55. The van der Waals surface area contributed by atoms with Crippen molar-refractivity contribution in [1.82, 2.24) is 9.88 Å². The van der Waals surface area contributed by atoms with Crippen LogP contribution >= 0.6 is 11.6 Å². The van der Waals surface area contributed by atoms with E-state index in [0.29, 0.717) is 29.2 Å². The van der Waals surface area contributed by atoms with E-state index in [-0.39, 0.29) is 11.5 Å². The summed E-state index contributed by atoms with van der Waals surface area (Å²) in [5, 5.41) is 11.2. The molecule has 0 saturated heterocycles. The van der Waals surface area contributed by atoms with Crippen LogP contribution in [-0.2, 0) is 11.2 Å². The van der Waals surface area contributed by atoms with Crippen LogP contribution < -0.4 is 0 Å². The average molecular weight is 367 g/mol. The Bertz CT molecular complexity index is 1050. The average Bonchev–Trinajstić information content (AvgIpc) is 2.89. The van der Waals surface area contributed by atoms with E-state index >= 15 is 0 Å². The Balaban J connectivity index is 1.78. The second-order valence-corrected chi connectivity index (χ2v) is 6.56. The van der Waals surface area contributed by atoms with E-state index in [1.165, 1.54) is 11.1 Å². The van der Waals surface area contributed by atoms with E-state index in [9.17, 15) is 14.7 Å². The first-order chi connectivity index (χ1) is 12.5. The zero-order valence-electron chi connectivity index (χ0n) is 13.7. The Morgan fingerprint density at radius 2 is 1.81 bits per heavy atom. The highest BCUT2D eigenvalue weighted by Crippen LogP contribution is 2.31. The summed E-state index contributed by atoms with van der Waals surface area (Å²) < 4.78 is 0. The van der Waals surface area contributed by atoms with Crippen molar-refractivity contribution in [3.8, 4) is 0 Å². The number of rotatable bonds is 2. The van der Waals surface area contributed by atoms with Crippen molar-refractivity contribution in [2.75, 3.05) is 6.54 Å². The number of halogens is 1. The van der Waals surface area contributed by atoms with Crippen LogP contribution in [0.15, 0.2) is 54.7 Å². The Labute approximate surface area is 154 Å². The highest BCUT2D eigenvalue weighted by atomic mass is 35.5. The monoisotopic (exact) mass is 366 g/mol. The molecule has 0 atom stereocenters. The van der Waals surface area contributed by atoms with Crippen LogP contribution in [0.1, 0.15) is 21.6 Å². The number of nitrogens with one attached hydrogen (secondary N) is 1. The van der Waals surface area contributed by atoms with Crippen LogP contribution in [0.2, 0.25) is 5.02 Å². The first-order valence-corrected chi connectivity index (χ1v) is 8.54. The van der Waals surface area contributed by atoms with Gasteiger partial charge in [0.2, 0.25) is 0 Å². The largest absolute Gasteiger partial charge is 0.478 e.